The summed E-state index contributed by atoms with van der Waals surface area (Å²) in [7, 11) is 0. The van der Waals surface area contributed by atoms with Gasteiger partial charge in [0.15, 0.2) is 0 Å². The molecule has 0 N–H and O–H groups in total. The third kappa shape index (κ3) is 5.24. The van der Waals surface area contributed by atoms with Gasteiger partial charge in [-0.25, -0.2) is 13.2 Å². The summed E-state index contributed by atoms with van der Waals surface area (Å²) >= 11 is 0. The van der Waals surface area contributed by atoms with Crippen molar-refractivity contribution >= 4 is 18.3 Å². The first-order valence-corrected chi connectivity index (χ1v) is 10.6. The molecule has 174 valence electrons. The van der Waals surface area contributed by atoms with Crippen LogP contribution in [0.25, 0.3) is 0 Å². The van der Waals surface area contributed by atoms with Crippen LogP contribution in [0.4, 0.5) is 13.2 Å². The molecule has 2 saturated heterocycles. The SMILES string of the molecule is CC1CN(C(=O)c2c(F)cccc2F)CC2(CCN(CCc3ncccc3F)CC2)O1.Cl. The van der Waals surface area contributed by atoms with Gasteiger partial charge in [0.2, 0.25) is 0 Å². The Morgan fingerprint density at radius 2 is 1.78 bits per heavy atom. The second-order valence-corrected chi connectivity index (χ2v) is 8.42. The fraction of sp³-hybridized carbons (Fsp3) is 0.478. The van der Waals surface area contributed by atoms with Crippen LogP contribution in [0.15, 0.2) is 36.5 Å². The number of ether oxygens (including phenoxy) is 1. The number of pyridine rings is 1. The number of halogens is 4. The molecule has 3 heterocycles. The number of nitrogens with zero attached hydrogens (tertiary/aromatic N) is 3. The number of carbonyl (C=O) groups is 1. The fourth-order valence-corrected chi connectivity index (χ4v) is 4.57. The summed E-state index contributed by atoms with van der Waals surface area (Å²) in [6.07, 6.45) is 3.25. The first-order valence-electron chi connectivity index (χ1n) is 10.6. The zero-order valence-corrected chi connectivity index (χ0v) is 18.7. The lowest BCUT2D eigenvalue weighted by Crippen LogP contribution is -2.60. The maximum atomic E-state index is 14.1. The van der Waals surface area contributed by atoms with Crippen molar-refractivity contribution in [2.24, 2.45) is 0 Å². The Labute approximate surface area is 192 Å². The van der Waals surface area contributed by atoms with Gasteiger partial charge >= 0.3 is 0 Å². The van der Waals surface area contributed by atoms with Crippen molar-refractivity contribution < 1.29 is 22.7 Å². The van der Waals surface area contributed by atoms with Crippen LogP contribution < -0.4 is 0 Å². The molecule has 0 radical (unpaired) electrons. The summed E-state index contributed by atoms with van der Waals surface area (Å²) in [4.78, 5) is 20.7. The Morgan fingerprint density at radius 1 is 1.12 bits per heavy atom. The predicted octanol–water partition coefficient (Wildman–Crippen LogP) is 3.86. The molecule has 0 aliphatic carbocycles. The Hall–Kier alpha value is -2.16. The summed E-state index contributed by atoms with van der Waals surface area (Å²) < 4.78 is 48.3. The van der Waals surface area contributed by atoms with Crippen LogP contribution in [0, 0.1) is 17.5 Å². The van der Waals surface area contributed by atoms with E-state index in [9.17, 15) is 18.0 Å². The topological polar surface area (TPSA) is 45.7 Å². The van der Waals surface area contributed by atoms with Gasteiger partial charge in [-0.15, -0.1) is 12.4 Å². The number of carbonyl (C=O) groups excluding carboxylic acids is 1. The first-order chi connectivity index (χ1) is 14.9. The van der Waals surface area contributed by atoms with Crippen LogP contribution in [-0.2, 0) is 11.2 Å². The summed E-state index contributed by atoms with van der Waals surface area (Å²) in [5, 5.41) is 0. The minimum Gasteiger partial charge on any atom is -0.368 e. The van der Waals surface area contributed by atoms with Crippen LogP contribution in [0.3, 0.4) is 0 Å². The van der Waals surface area contributed by atoms with Crippen LogP contribution in [0.1, 0.15) is 35.8 Å². The summed E-state index contributed by atoms with van der Waals surface area (Å²) in [5.74, 6) is -2.64. The van der Waals surface area contributed by atoms with E-state index in [4.69, 9.17) is 4.74 Å². The molecule has 5 nitrogen and oxygen atoms in total. The van der Waals surface area contributed by atoms with E-state index in [1.165, 1.54) is 17.0 Å². The smallest absolute Gasteiger partial charge is 0.260 e. The number of aromatic nitrogens is 1. The van der Waals surface area contributed by atoms with Crippen LogP contribution in [0.5, 0.6) is 0 Å². The maximum Gasteiger partial charge on any atom is 0.260 e. The Balaban J connectivity index is 0.00000289. The van der Waals surface area contributed by atoms with Crippen molar-refractivity contribution in [3.8, 4) is 0 Å². The van der Waals surface area contributed by atoms with E-state index in [0.29, 0.717) is 38.0 Å². The number of morpholine rings is 1. The fourth-order valence-electron chi connectivity index (χ4n) is 4.57. The lowest BCUT2D eigenvalue weighted by Gasteiger charge is -2.49. The van der Waals surface area contributed by atoms with Gasteiger partial charge in [0.1, 0.15) is 23.0 Å². The van der Waals surface area contributed by atoms with Gasteiger partial charge in [-0.05, 0) is 44.0 Å². The van der Waals surface area contributed by atoms with Gasteiger partial charge in [0.25, 0.3) is 5.91 Å². The number of benzene rings is 1. The van der Waals surface area contributed by atoms with Gasteiger partial charge in [-0.2, -0.15) is 0 Å². The maximum absolute atomic E-state index is 14.1. The molecule has 1 aromatic carbocycles. The molecule has 2 fully saturated rings. The first kappa shape index (κ1) is 24.5. The lowest BCUT2D eigenvalue weighted by atomic mass is 9.88. The molecule has 1 amide bonds. The molecule has 32 heavy (non-hydrogen) atoms. The molecular formula is C23H27ClF3N3O2. The number of amides is 1. The van der Waals surface area contributed by atoms with Crippen molar-refractivity contribution in [1.29, 1.82) is 0 Å². The predicted molar refractivity (Wildman–Crippen MR) is 116 cm³/mol. The van der Waals surface area contributed by atoms with Gasteiger partial charge < -0.3 is 14.5 Å². The van der Waals surface area contributed by atoms with E-state index in [-0.39, 0.29) is 30.9 Å². The third-order valence-electron chi connectivity index (χ3n) is 6.14. The molecule has 4 rings (SSSR count). The molecule has 1 unspecified atom stereocenters. The van der Waals surface area contributed by atoms with Crippen LogP contribution >= 0.6 is 12.4 Å². The van der Waals surface area contributed by atoms with E-state index in [2.05, 4.69) is 9.88 Å². The molecule has 2 aliphatic heterocycles. The average Bonchev–Trinajstić information content (AvgIpc) is 2.74. The lowest BCUT2D eigenvalue weighted by molar-refractivity contribution is -0.161. The molecule has 9 heteroatoms. The van der Waals surface area contributed by atoms with Crippen molar-refractivity contribution in [3.63, 3.8) is 0 Å². The minimum absolute atomic E-state index is 0. The van der Waals surface area contributed by atoms with E-state index in [1.54, 1.807) is 12.3 Å². The molecular weight excluding hydrogens is 443 g/mol. The molecule has 2 aromatic rings. The number of hydrogen-bond acceptors (Lipinski definition) is 4. The summed E-state index contributed by atoms with van der Waals surface area (Å²) in [6.45, 7) is 4.61. The molecule has 1 spiro atoms. The van der Waals surface area contributed by atoms with Crippen LogP contribution in [-0.4, -0.2) is 65.1 Å². The zero-order valence-electron chi connectivity index (χ0n) is 17.9. The van der Waals surface area contributed by atoms with Crippen molar-refractivity contribution in [2.45, 2.75) is 37.9 Å². The Kier molecular flexibility index (Phi) is 7.79. The minimum atomic E-state index is -0.852. The third-order valence-corrected chi connectivity index (χ3v) is 6.14. The van der Waals surface area contributed by atoms with Gasteiger partial charge in [0, 0.05) is 38.8 Å². The summed E-state index contributed by atoms with van der Waals surface area (Å²) in [5.41, 5.74) is -0.600. The highest BCUT2D eigenvalue weighted by Crippen LogP contribution is 2.33. The molecule has 0 bridgehead atoms. The highest BCUT2D eigenvalue weighted by Gasteiger charge is 2.43. The van der Waals surface area contributed by atoms with Gasteiger partial charge in [-0.1, -0.05) is 6.07 Å². The zero-order chi connectivity index (χ0) is 22.0. The molecule has 0 saturated carbocycles. The second kappa shape index (κ2) is 10.2. The quantitative estimate of drug-likeness (QED) is 0.682. The number of piperidine rings is 1. The Morgan fingerprint density at radius 3 is 2.44 bits per heavy atom. The average molecular weight is 470 g/mol. The van der Waals surface area contributed by atoms with E-state index in [0.717, 1.165) is 25.2 Å². The van der Waals surface area contributed by atoms with Crippen molar-refractivity contribution in [3.05, 3.63) is 65.2 Å². The Bertz CT molecular complexity index is 934. The number of likely N-dealkylation sites (tertiary alicyclic amines) is 1. The number of hydrogen-bond donors (Lipinski definition) is 0. The highest BCUT2D eigenvalue weighted by atomic mass is 35.5. The van der Waals surface area contributed by atoms with Crippen LogP contribution in [0.2, 0.25) is 0 Å². The van der Waals surface area contributed by atoms with E-state index in [1.807, 2.05) is 6.92 Å². The second-order valence-electron chi connectivity index (χ2n) is 8.42. The summed E-state index contributed by atoms with van der Waals surface area (Å²) in [6, 6.07) is 6.43. The van der Waals surface area contributed by atoms with Gasteiger partial charge in [0.05, 0.1) is 23.9 Å². The van der Waals surface area contributed by atoms with Gasteiger partial charge in [-0.3, -0.25) is 9.78 Å². The molecule has 1 atom stereocenters. The molecule has 2 aliphatic rings. The van der Waals surface area contributed by atoms with Crippen molar-refractivity contribution in [1.82, 2.24) is 14.8 Å². The van der Waals surface area contributed by atoms with E-state index < -0.39 is 28.7 Å². The monoisotopic (exact) mass is 469 g/mol. The standard InChI is InChI=1S/C23H26F3N3O2.ClH/c1-16-14-29(22(30)21-18(25)4-2-5-19(21)26)15-23(31-16)8-12-28(13-9-23)11-7-20-17(24)6-3-10-27-20;/h2-6,10,16H,7-9,11-15H2,1H3;1H. The number of rotatable bonds is 4. The van der Waals surface area contributed by atoms with E-state index >= 15 is 0 Å². The largest absolute Gasteiger partial charge is 0.368 e. The van der Waals surface area contributed by atoms with Crippen molar-refractivity contribution in [2.75, 3.05) is 32.7 Å². The molecule has 1 aromatic heterocycles. The highest BCUT2D eigenvalue weighted by molar-refractivity contribution is 5.95. The normalized spacial score (nSPS) is 20.8.